The lowest BCUT2D eigenvalue weighted by atomic mass is 10.0. The Morgan fingerprint density at radius 1 is 1.30 bits per heavy atom. The van der Waals surface area contributed by atoms with E-state index in [1.165, 1.54) is 0 Å². The Labute approximate surface area is 59.4 Å². The second kappa shape index (κ2) is 3.08. The zero-order valence-corrected chi connectivity index (χ0v) is 5.73. The molecule has 0 saturated carbocycles. The Kier molecular flexibility index (Phi) is 2.70. The summed E-state index contributed by atoms with van der Waals surface area (Å²) in [4.78, 5) is 0. The highest BCUT2D eigenvalue weighted by molar-refractivity contribution is 6.50. The molecule has 1 aliphatic carbocycles. The maximum absolute atomic E-state index is 7.26. The van der Waals surface area contributed by atoms with Crippen LogP contribution in [0.3, 0.4) is 0 Å². The number of hydrogen-bond donors (Lipinski definition) is 2. The van der Waals surface area contributed by atoms with Crippen molar-refractivity contribution in [2.75, 3.05) is 0 Å². The predicted molar refractivity (Wildman–Crippen MR) is 42.0 cm³/mol. The van der Waals surface area contributed by atoms with E-state index in [1.807, 2.05) is 13.0 Å². The first kappa shape index (κ1) is 8.78. The molecule has 0 unspecified atom stereocenters. The summed E-state index contributed by atoms with van der Waals surface area (Å²) in [7, 11) is 0. The van der Waals surface area contributed by atoms with Crippen LogP contribution in [0.2, 0.25) is 0 Å². The van der Waals surface area contributed by atoms with Crippen LogP contribution in [0, 0.1) is 10.8 Å². The molecule has 10 heavy (non-hydrogen) atoms. The topological polar surface area (TPSA) is 79.2 Å². The van der Waals surface area contributed by atoms with Crippen LogP contribution in [0.15, 0.2) is 23.8 Å². The van der Waals surface area contributed by atoms with Gasteiger partial charge in [-0.15, -0.1) is 0 Å². The number of nitrogens with one attached hydrogen (secondary N) is 2. The Balaban J connectivity index is 0.000000810. The first-order valence-corrected chi connectivity index (χ1v) is 2.74. The minimum absolute atomic E-state index is 0. The predicted octanol–water partition coefficient (Wildman–Crippen LogP) is 0.717. The maximum Gasteiger partial charge on any atom is 0.0818 e. The Morgan fingerprint density at radius 3 is 2.30 bits per heavy atom. The van der Waals surface area contributed by atoms with Gasteiger partial charge in [0.1, 0.15) is 0 Å². The minimum Gasteiger partial charge on any atom is -0.412 e. The van der Waals surface area contributed by atoms with E-state index in [0.717, 1.165) is 5.57 Å². The zero-order valence-electron chi connectivity index (χ0n) is 5.73. The summed E-state index contributed by atoms with van der Waals surface area (Å²) in [6.07, 6.45) is 5.24. The van der Waals surface area contributed by atoms with E-state index < -0.39 is 0 Å². The minimum atomic E-state index is 0. The average Bonchev–Trinajstić information content (AvgIpc) is 1.83. The molecule has 0 saturated heterocycles. The van der Waals surface area contributed by atoms with Crippen molar-refractivity contribution in [3.63, 3.8) is 0 Å². The van der Waals surface area contributed by atoms with Crippen molar-refractivity contribution in [2.45, 2.75) is 6.92 Å². The van der Waals surface area contributed by atoms with Crippen molar-refractivity contribution in [1.82, 2.24) is 0 Å². The van der Waals surface area contributed by atoms with Crippen LogP contribution < -0.4 is 0 Å². The normalized spacial score (nSPS) is 16.3. The summed E-state index contributed by atoms with van der Waals surface area (Å²) in [5.74, 6) is 0. The van der Waals surface area contributed by atoms with Crippen LogP contribution in [-0.4, -0.2) is 16.9 Å². The monoisotopic (exact) mass is 138 g/mol. The molecular weight excluding hydrogens is 128 g/mol. The number of rotatable bonds is 0. The third kappa shape index (κ3) is 1.39. The molecular formula is C7H10N2O. The van der Waals surface area contributed by atoms with Gasteiger partial charge < -0.3 is 5.48 Å². The lowest BCUT2D eigenvalue weighted by Crippen LogP contribution is -2.12. The van der Waals surface area contributed by atoms with Gasteiger partial charge >= 0.3 is 0 Å². The average molecular weight is 138 g/mol. The van der Waals surface area contributed by atoms with Gasteiger partial charge in [0.2, 0.25) is 0 Å². The second-order valence-electron chi connectivity index (χ2n) is 2.00. The highest BCUT2D eigenvalue weighted by Gasteiger charge is 2.05. The Hall–Kier alpha value is -1.22. The van der Waals surface area contributed by atoms with Gasteiger partial charge in [0.05, 0.1) is 11.4 Å². The summed E-state index contributed by atoms with van der Waals surface area (Å²) >= 11 is 0. The van der Waals surface area contributed by atoms with Crippen LogP contribution in [0.1, 0.15) is 6.92 Å². The van der Waals surface area contributed by atoms with Crippen molar-refractivity contribution in [3.8, 4) is 0 Å². The second-order valence-corrected chi connectivity index (χ2v) is 2.00. The third-order valence-corrected chi connectivity index (χ3v) is 1.27. The van der Waals surface area contributed by atoms with Crippen molar-refractivity contribution in [2.24, 2.45) is 0 Å². The van der Waals surface area contributed by atoms with Crippen molar-refractivity contribution < 1.29 is 5.48 Å². The molecule has 3 heteroatoms. The van der Waals surface area contributed by atoms with E-state index in [2.05, 4.69) is 0 Å². The fourth-order valence-electron chi connectivity index (χ4n) is 0.668. The third-order valence-electron chi connectivity index (χ3n) is 1.27. The summed E-state index contributed by atoms with van der Waals surface area (Å²) in [5, 5.41) is 14.4. The van der Waals surface area contributed by atoms with Crippen LogP contribution in [0.4, 0.5) is 0 Å². The van der Waals surface area contributed by atoms with Gasteiger partial charge in [-0.2, -0.15) is 0 Å². The van der Waals surface area contributed by atoms with Gasteiger partial charge in [-0.1, -0.05) is 12.2 Å². The molecule has 3 nitrogen and oxygen atoms in total. The summed E-state index contributed by atoms with van der Waals surface area (Å²) < 4.78 is 0. The van der Waals surface area contributed by atoms with Gasteiger partial charge in [-0.05, 0) is 18.6 Å². The van der Waals surface area contributed by atoms with E-state index in [0.29, 0.717) is 11.4 Å². The number of hydrogen-bond acceptors (Lipinski definition) is 2. The van der Waals surface area contributed by atoms with Crippen LogP contribution >= 0.6 is 0 Å². The van der Waals surface area contributed by atoms with Crippen LogP contribution in [0.25, 0.3) is 0 Å². The smallest absolute Gasteiger partial charge is 0.0818 e. The molecule has 0 bridgehead atoms. The molecule has 1 aliphatic rings. The molecule has 0 atom stereocenters. The molecule has 0 spiro atoms. The molecule has 0 fully saturated rings. The van der Waals surface area contributed by atoms with Gasteiger partial charge in [0, 0.05) is 0 Å². The van der Waals surface area contributed by atoms with E-state index in [4.69, 9.17) is 10.8 Å². The van der Waals surface area contributed by atoms with E-state index in [-0.39, 0.29) is 5.48 Å². The summed E-state index contributed by atoms with van der Waals surface area (Å²) in [6.45, 7) is 1.83. The van der Waals surface area contributed by atoms with Crippen molar-refractivity contribution in [3.05, 3.63) is 23.8 Å². The lowest BCUT2D eigenvalue weighted by molar-refractivity contribution is 0.824. The molecule has 0 aromatic rings. The largest absolute Gasteiger partial charge is 0.412 e. The molecule has 4 N–H and O–H groups in total. The highest BCUT2D eigenvalue weighted by Crippen LogP contribution is 2.03. The molecule has 0 aromatic heterocycles. The molecule has 0 amide bonds. The maximum atomic E-state index is 7.26. The quantitative estimate of drug-likeness (QED) is 0.462. The number of allylic oxidation sites excluding steroid dienone is 4. The molecule has 0 aromatic carbocycles. The molecule has 0 radical (unpaired) electrons. The lowest BCUT2D eigenvalue weighted by Gasteiger charge is -2.04. The summed E-state index contributed by atoms with van der Waals surface area (Å²) in [6, 6.07) is 0. The van der Waals surface area contributed by atoms with Crippen molar-refractivity contribution in [1.29, 1.82) is 10.8 Å². The fourth-order valence-corrected chi connectivity index (χ4v) is 0.668. The van der Waals surface area contributed by atoms with Gasteiger partial charge in [0.15, 0.2) is 0 Å². The van der Waals surface area contributed by atoms with Gasteiger partial charge in [0.25, 0.3) is 0 Å². The molecule has 0 heterocycles. The zero-order chi connectivity index (χ0) is 6.85. The highest BCUT2D eigenvalue weighted by atomic mass is 16.0. The Bertz CT molecular complexity index is 226. The van der Waals surface area contributed by atoms with Crippen LogP contribution in [-0.2, 0) is 0 Å². The van der Waals surface area contributed by atoms with E-state index in [1.54, 1.807) is 12.2 Å². The van der Waals surface area contributed by atoms with E-state index in [9.17, 15) is 0 Å². The van der Waals surface area contributed by atoms with Gasteiger partial charge in [-0.25, -0.2) is 0 Å². The first-order valence-electron chi connectivity index (χ1n) is 2.74. The SMILES string of the molecule is CC1=CC=CC(=N)C1=N.O. The first-order chi connectivity index (χ1) is 4.22. The molecule has 54 valence electrons. The van der Waals surface area contributed by atoms with Crippen LogP contribution in [0.5, 0.6) is 0 Å². The standard InChI is InChI=1S/C7H8N2.H2O/c1-5-3-2-4-6(8)7(5)9;/h2-4,8-9H,1H3;1H2. The molecule has 0 aliphatic heterocycles. The Morgan fingerprint density at radius 2 is 1.90 bits per heavy atom. The van der Waals surface area contributed by atoms with Gasteiger partial charge in [-0.3, -0.25) is 10.8 Å². The summed E-state index contributed by atoms with van der Waals surface area (Å²) in [5.41, 5.74) is 1.50. The fraction of sp³-hybridized carbons (Fsp3) is 0.143. The molecule has 1 rings (SSSR count). The van der Waals surface area contributed by atoms with Crippen molar-refractivity contribution >= 4 is 11.4 Å². The van der Waals surface area contributed by atoms with E-state index >= 15 is 0 Å².